The van der Waals surface area contributed by atoms with E-state index in [1.54, 1.807) is 27.0 Å². The van der Waals surface area contributed by atoms with Crippen molar-refractivity contribution in [1.82, 2.24) is 14.9 Å². The second kappa shape index (κ2) is 4.75. The van der Waals surface area contributed by atoms with Gasteiger partial charge in [-0.15, -0.1) is 11.3 Å². The summed E-state index contributed by atoms with van der Waals surface area (Å²) in [5, 5.41) is 1.81. The highest BCUT2D eigenvalue weighted by atomic mass is 32.1. The van der Waals surface area contributed by atoms with Crippen LogP contribution in [-0.4, -0.2) is 33.4 Å². The molecule has 0 spiro atoms. The van der Waals surface area contributed by atoms with Crippen LogP contribution in [0.25, 0.3) is 10.2 Å². The minimum atomic E-state index is -0.943. The third kappa shape index (κ3) is 2.82. The van der Waals surface area contributed by atoms with Gasteiger partial charge in [0.05, 0.1) is 17.6 Å². The Morgan fingerprint density at radius 1 is 1.58 bits per heavy atom. The Kier molecular flexibility index (Phi) is 3.42. The maximum Gasteiger partial charge on any atom is 0.268 e. The molecule has 0 aliphatic heterocycles. The maximum absolute atomic E-state index is 12.0. The summed E-state index contributed by atoms with van der Waals surface area (Å²) in [4.78, 5) is 32.2. The van der Waals surface area contributed by atoms with Gasteiger partial charge in [-0.3, -0.25) is 9.59 Å². The number of hydrogen-bond donors (Lipinski definition) is 2. The van der Waals surface area contributed by atoms with Crippen molar-refractivity contribution in [3.05, 3.63) is 27.6 Å². The lowest BCUT2D eigenvalue weighted by Gasteiger charge is -2.25. The van der Waals surface area contributed by atoms with E-state index in [9.17, 15) is 9.59 Å². The molecule has 7 heteroatoms. The van der Waals surface area contributed by atoms with Crippen LogP contribution in [0, 0.1) is 0 Å². The summed E-state index contributed by atoms with van der Waals surface area (Å²) < 4.78 is 0.594. The van der Waals surface area contributed by atoms with Gasteiger partial charge in [0.2, 0.25) is 5.91 Å². The molecule has 3 N–H and O–H groups in total. The van der Waals surface area contributed by atoms with E-state index < -0.39 is 5.54 Å². The number of aromatic amines is 1. The smallest absolute Gasteiger partial charge is 0.268 e. The fourth-order valence-electron chi connectivity index (χ4n) is 1.78. The van der Waals surface area contributed by atoms with Gasteiger partial charge in [-0.1, -0.05) is 0 Å². The molecule has 2 heterocycles. The highest BCUT2D eigenvalue weighted by Gasteiger charge is 2.26. The number of aromatic nitrogens is 2. The summed E-state index contributed by atoms with van der Waals surface area (Å²) >= 11 is 1.35. The predicted molar refractivity (Wildman–Crippen MR) is 75.0 cm³/mol. The zero-order valence-corrected chi connectivity index (χ0v) is 11.9. The quantitative estimate of drug-likeness (QED) is 0.864. The molecule has 0 atom stereocenters. The topological polar surface area (TPSA) is 92.1 Å². The van der Waals surface area contributed by atoms with Gasteiger partial charge in [0.15, 0.2) is 0 Å². The normalized spacial score (nSPS) is 11.8. The Morgan fingerprint density at radius 3 is 2.89 bits per heavy atom. The molecule has 0 aromatic carbocycles. The molecule has 2 rings (SSSR count). The van der Waals surface area contributed by atoms with Crippen LogP contribution in [0.2, 0.25) is 0 Å². The van der Waals surface area contributed by atoms with E-state index in [1.807, 2.05) is 5.38 Å². The largest absolute Gasteiger partial charge is 0.337 e. The molecule has 0 unspecified atom stereocenters. The summed E-state index contributed by atoms with van der Waals surface area (Å²) in [6.45, 7) is 3.51. The summed E-state index contributed by atoms with van der Waals surface area (Å²) in [6.07, 6.45) is 0. The van der Waals surface area contributed by atoms with E-state index in [2.05, 4.69) is 9.97 Å². The maximum atomic E-state index is 12.0. The van der Waals surface area contributed by atoms with Gasteiger partial charge in [0.25, 0.3) is 5.56 Å². The molecule has 0 bridgehead atoms. The number of fused-ring (bicyclic) bond motifs is 1. The molecule has 2 aromatic heterocycles. The molecular formula is C12H16N4O2S. The van der Waals surface area contributed by atoms with Crippen LogP contribution in [-0.2, 0) is 11.3 Å². The average molecular weight is 280 g/mol. The van der Waals surface area contributed by atoms with Crippen LogP contribution in [0.5, 0.6) is 0 Å². The minimum Gasteiger partial charge on any atom is -0.337 e. The van der Waals surface area contributed by atoms with Gasteiger partial charge in [0.1, 0.15) is 10.5 Å². The van der Waals surface area contributed by atoms with Crippen molar-refractivity contribution in [1.29, 1.82) is 0 Å². The molecular weight excluding hydrogens is 264 g/mol. The predicted octanol–water partition coefficient (Wildman–Crippen LogP) is 0.680. The van der Waals surface area contributed by atoms with Gasteiger partial charge in [-0.2, -0.15) is 0 Å². The van der Waals surface area contributed by atoms with E-state index in [0.717, 1.165) is 0 Å². The lowest BCUT2D eigenvalue weighted by molar-refractivity contribution is -0.135. The van der Waals surface area contributed by atoms with Crippen molar-refractivity contribution in [2.24, 2.45) is 5.73 Å². The molecule has 0 saturated heterocycles. The average Bonchev–Trinajstić information content (AvgIpc) is 2.75. The van der Waals surface area contributed by atoms with Crippen molar-refractivity contribution in [3.8, 4) is 0 Å². The Labute approximate surface area is 114 Å². The van der Waals surface area contributed by atoms with Crippen molar-refractivity contribution >= 4 is 27.5 Å². The molecule has 2 aromatic rings. The summed E-state index contributed by atoms with van der Waals surface area (Å²) in [5.41, 5.74) is 5.28. The molecule has 6 nitrogen and oxygen atoms in total. The number of amides is 1. The first-order valence-electron chi connectivity index (χ1n) is 5.80. The molecule has 0 saturated carbocycles. The number of carbonyl (C=O) groups is 1. The zero-order chi connectivity index (χ0) is 14.2. The monoisotopic (exact) mass is 280 g/mol. The summed E-state index contributed by atoms with van der Waals surface area (Å²) in [5.74, 6) is 0.247. The van der Waals surface area contributed by atoms with Crippen molar-refractivity contribution in [3.63, 3.8) is 0 Å². The van der Waals surface area contributed by atoms with Crippen LogP contribution in [0.3, 0.4) is 0 Å². The first kappa shape index (κ1) is 13.7. The lowest BCUT2D eigenvalue weighted by Crippen LogP contribution is -2.49. The van der Waals surface area contributed by atoms with E-state index in [1.165, 1.54) is 16.2 Å². The summed E-state index contributed by atoms with van der Waals surface area (Å²) in [6, 6.07) is 1.79. The third-order valence-electron chi connectivity index (χ3n) is 2.65. The van der Waals surface area contributed by atoms with Crippen LogP contribution in [0.1, 0.15) is 19.7 Å². The first-order valence-corrected chi connectivity index (χ1v) is 6.68. The van der Waals surface area contributed by atoms with Gasteiger partial charge in [-0.25, -0.2) is 4.98 Å². The van der Waals surface area contributed by atoms with E-state index in [-0.39, 0.29) is 18.0 Å². The number of hydrogen-bond acceptors (Lipinski definition) is 5. The number of H-pyrrole nitrogens is 1. The van der Waals surface area contributed by atoms with E-state index in [0.29, 0.717) is 16.0 Å². The number of thiophene rings is 1. The number of carbonyl (C=O) groups excluding carboxylic acids is 1. The second-order valence-corrected chi connectivity index (χ2v) is 5.95. The SMILES string of the molecule is CN(Cc1nc2ccsc2c(=O)[nH]1)C(=O)C(C)(C)N. The Hall–Kier alpha value is -1.73. The van der Waals surface area contributed by atoms with Crippen molar-refractivity contribution < 1.29 is 4.79 Å². The van der Waals surface area contributed by atoms with E-state index in [4.69, 9.17) is 5.73 Å². The lowest BCUT2D eigenvalue weighted by atomic mass is 10.1. The van der Waals surface area contributed by atoms with Gasteiger partial charge in [0, 0.05) is 7.05 Å². The third-order valence-corrected chi connectivity index (χ3v) is 3.55. The molecule has 0 aliphatic carbocycles. The Bertz CT molecular complexity index is 668. The van der Waals surface area contributed by atoms with Crippen LogP contribution < -0.4 is 11.3 Å². The number of nitrogens with zero attached hydrogens (tertiary/aromatic N) is 2. The molecule has 0 aliphatic rings. The number of nitrogens with one attached hydrogen (secondary N) is 1. The highest BCUT2D eigenvalue weighted by molar-refractivity contribution is 7.17. The molecule has 102 valence electrons. The van der Waals surface area contributed by atoms with Crippen LogP contribution in [0.4, 0.5) is 0 Å². The Morgan fingerprint density at radius 2 is 2.26 bits per heavy atom. The standard InChI is InChI=1S/C12H16N4O2S/c1-12(2,13)11(18)16(3)6-8-14-7-4-5-19-9(7)10(17)15-8/h4-5H,6,13H2,1-3H3,(H,14,15,17). The number of likely N-dealkylation sites (N-methyl/N-ethyl adjacent to an activating group) is 1. The van der Waals surface area contributed by atoms with Crippen LogP contribution in [0.15, 0.2) is 16.2 Å². The van der Waals surface area contributed by atoms with Gasteiger partial charge in [-0.05, 0) is 25.3 Å². The Balaban J connectivity index is 2.26. The van der Waals surface area contributed by atoms with Gasteiger partial charge >= 0.3 is 0 Å². The zero-order valence-electron chi connectivity index (χ0n) is 11.1. The van der Waals surface area contributed by atoms with Crippen molar-refractivity contribution in [2.45, 2.75) is 25.9 Å². The number of nitrogens with two attached hydrogens (primary N) is 1. The molecule has 0 fully saturated rings. The second-order valence-electron chi connectivity index (χ2n) is 5.03. The van der Waals surface area contributed by atoms with Crippen LogP contribution >= 0.6 is 11.3 Å². The van der Waals surface area contributed by atoms with E-state index >= 15 is 0 Å². The fraction of sp³-hybridized carbons (Fsp3) is 0.417. The molecule has 19 heavy (non-hydrogen) atoms. The summed E-state index contributed by atoms with van der Waals surface area (Å²) in [7, 11) is 1.63. The first-order chi connectivity index (χ1) is 8.79. The molecule has 0 radical (unpaired) electrons. The van der Waals surface area contributed by atoms with Gasteiger partial charge < -0.3 is 15.6 Å². The minimum absolute atomic E-state index is 0.178. The number of rotatable bonds is 3. The molecule has 1 amide bonds. The van der Waals surface area contributed by atoms with Crippen molar-refractivity contribution in [2.75, 3.05) is 7.05 Å². The fourth-order valence-corrected chi connectivity index (χ4v) is 2.51. The highest BCUT2D eigenvalue weighted by Crippen LogP contribution is 2.14.